The SMILES string of the molecule is CCCC(C)CS(=O)(=O)NCc1ccc2c(c1)CNC2. The Hall–Kier alpha value is -0.910. The molecule has 20 heavy (non-hydrogen) atoms. The van der Waals surface area contributed by atoms with E-state index in [0.717, 1.165) is 31.5 Å². The molecule has 4 nitrogen and oxygen atoms in total. The van der Waals surface area contributed by atoms with Crippen molar-refractivity contribution >= 4 is 10.0 Å². The topological polar surface area (TPSA) is 58.2 Å². The van der Waals surface area contributed by atoms with E-state index in [0.29, 0.717) is 6.54 Å². The predicted octanol–water partition coefficient (Wildman–Crippen LogP) is 2.15. The normalized spacial score (nSPS) is 16.1. The first-order valence-electron chi connectivity index (χ1n) is 7.29. The van der Waals surface area contributed by atoms with Crippen molar-refractivity contribution in [2.75, 3.05) is 5.75 Å². The second-order valence-electron chi connectivity index (χ2n) is 5.70. The van der Waals surface area contributed by atoms with Crippen LogP contribution in [0.15, 0.2) is 18.2 Å². The molecule has 1 unspecified atom stereocenters. The lowest BCUT2D eigenvalue weighted by Crippen LogP contribution is -2.28. The molecule has 0 aliphatic carbocycles. The van der Waals surface area contributed by atoms with Gasteiger partial charge >= 0.3 is 0 Å². The van der Waals surface area contributed by atoms with Crippen LogP contribution in [0.1, 0.15) is 43.4 Å². The fourth-order valence-corrected chi connectivity index (χ4v) is 4.08. The summed E-state index contributed by atoms with van der Waals surface area (Å²) in [4.78, 5) is 0. The molecule has 1 aromatic carbocycles. The molecule has 0 spiro atoms. The van der Waals surface area contributed by atoms with Crippen molar-refractivity contribution in [2.45, 2.75) is 46.3 Å². The van der Waals surface area contributed by atoms with Gasteiger partial charge in [-0.25, -0.2) is 13.1 Å². The minimum absolute atomic E-state index is 0.210. The van der Waals surface area contributed by atoms with Crippen LogP contribution in [-0.4, -0.2) is 14.2 Å². The molecule has 0 aromatic heterocycles. The van der Waals surface area contributed by atoms with Gasteiger partial charge in [-0.15, -0.1) is 0 Å². The highest BCUT2D eigenvalue weighted by atomic mass is 32.2. The number of hydrogen-bond acceptors (Lipinski definition) is 3. The van der Waals surface area contributed by atoms with Crippen molar-refractivity contribution in [3.63, 3.8) is 0 Å². The Morgan fingerprint density at radius 2 is 2.05 bits per heavy atom. The predicted molar refractivity (Wildman–Crippen MR) is 81.7 cm³/mol. The number of sulfonamides is 1. The lowest BCUT2D eigenvalue weighted by atomic mass is 10.1. The Balaban J connectivity index is 1.91. The van der Waals surface area contributed by atoms with Crippen molar-refractivity contribution in [1.29, 1.82) is 0 Å². The lowest BCUT2D eigenvalue weighted by molar-refractivity contribution is 0.536. The quantitative estimate of drug-likeness (QED) is 0.810. The van der Waals surface area contributed by atoms with Gasteiger partial charge in [0.1, 0.15) is 0 Å². The van der Waals surface area contributed by atoms with E-state index in [1.165, 1.54) is 11.1 Å². The van der Waals surface area contributed by atoms with Gasteiger partial charge in [-0.05, 0) is 29.0 Å². The first-order valence-corrected chi connectivity index (χ1v) is 8.94. The largest absolute Gasteiger partial charge is 0.309 e. The molecular weight excluding hydrogens is 272 g/mol. The summed E-state index contributed by atoms with van der Waals surface area (Å²) in [5.74, 6) is 0.426. The van der Waals surface area contributed by atoms with Crippen LogP contribution in [0.2, 0.25) is 0 Å². The summed E-state index contributed by atoms with van der Waals surface area (Å²) < 4.78 is 26.7. The molecule has 5 heteroatoms. The molecule has 1 aliphatic rings. The monoisotopic (exact) mass is 296 g/mol. The molecule has 2 N–H and O–H groups in total. The fourth-order valence-electron chi connectivity index (χ4n) is 2.66. The van der Waals surface area contributed by atoms with Gasteiger partial charge in [-0.3, -0.25) is 0 Å². The molecule has 0 saturated carbocycles. The van der Waals surface area contributed by atoms with Crippen LogP contribution in [0.5, 0.6) is 0 Å². The zero-order valence-corrected chi connectivity index (χ0v) is 13.1. The zero-order valence-electron chi connectivity index (χ0n) is 12.3. The zero-order chi connectivity index (χ0) is 14.6. The molecule has 1 atom stereocenters. The van der Waals surface area contributed by atoms with Crippen LogP contribution in [0.4, 0.5) is 0 Å². The smallest absolute Gasteiger partial charge is 0.212 e. The minimum atomic E-state index is -3.18. The highest BCUT2D eigenvalue weighted by molar-refractivity contribution is 7.89. The van der Waals surface area contributed by atoms with Crippen LogP contribution in [0.25, 0.3) is 0 Å². The molecule has 112 valence electrons. The Bertz CT molecular complexity index is 555. The average molecular weight is 296 g/mol. The second-order valence-corrected chi connectivity index (χ2v) is 7.55. The maximum atomic E-state index is 12.0. The third-order valence-electron chi connectivity index (χ3n) is 3.68. The Labute approximate surface area is 122 Å². The third kappa shape index (κ3) is 4.30. The fraction of sp³-hybridized carbons (Fsp3) is 0.600. The maximum absolute atomic E-state index is 12.0. The highest BCUT2D eigenvalue weighted by Gasteiger charge is 2.15. The van der Waals surface area contributed by atoms with Crippen molar-refractivity contribution < 1.29 is 8.42 Å². The maximum Gasteiger partial charge on any atom is 0.212 e. The molecule has 0 bridgehead atoms. The molecule has 0 saturated heterocycles. The molecule has 2 rings (SSSR count). The molecule has 1 aliphatic heterocycles. The lowest BCUT2D eigenvalue weighted by Gasteiger charge is -2.12. The van der Waals surface area contributed by atoms with Gasteiger partial charge in [-0.2, -0.15) is 0 Å². The standard InChI is InChI=1S/C15H24N2O2S/c1-3-4-12(2)11-20(18,19)17-8-13-5-6-14-9-16-10-15(14)7-13/h5-7,12,16-17H,3-4,8-11H2,1-2H3. The molecule has 1 heterocycles. The van der Waals surface area contributed by atoms with E-state index in [4.69, 9.17) is 0 Å². The summed E-state index contributed by atoms with van der Waals surface area (Å²) in [6.07, 6.45) is 1.97. The van der Waals surface area contributed by atoms with Crippen LogP contribution in [0, 0.1) is 5.92 Å². The van der Waals surface area contributed by atoms with Crippen molar-refractivity contribution in [3.8, 4) is 0 Å². The minimum Gasteiger partial charge on any atom is -0.309 e. The van der Waals surface area contributed by atoms with Crippen LogP contribution >= 0.6 is 0 Å². The first kappa shape index (κ1) is 15.5. The van der Waals surface area contributed by atoms with Crippen molar-refractivity contribution in [1.82, 2.24) is 10.0 Å². The van der Waals surface area contributed by atoms with Gasteiger partial charge in [0.2, 0.25) is 10.0 Å². The summed E-state index contributed by atoms with van der Waals surface area (Å²) in [5.41, 5.74) is 3.62. The van der Waals surface area contributed by atoms with Gasteiger partial charge < -0.3 is 5.32 Å². The number of rotatable bonds is 7. The van der Waals surface area contributed by atoms with Gasteiger partial charge in [-0.1, -0.05) is 38.5 Å². The molecule has 0 radical (unpaired) electrons. The molecule has 1 aromatic rings. The van der Waals surface area contributed by atoms with E-state index in [2.05, 4.69) is 29.1 Å². The van der Waals surface area contributed by atoms with Crippen molar-refractivity contribution in [2.24, 2.45) is 5.92 Å². The average Bonchev–Trinajstić information content (AvgIpc) is 2.83. The van der Waals surface area contributed by atoms with Gasteiger partial charge in [0, 0.05) is 19.6 Å². The first-order chi connectivity index (χ1) is 9.50. The summed E-state index contributed by atoms with van der Waals surface area (Å²) in [7, 11) is -3.18. The number of benzene rings is 1. The molecule has 0 fully saturated rings. The second kappa shape index (κ2) is 6.70. The number of hydrogen-bond donors (Lipinski definition) is 2. The van der Waals surface area contributed by atoms with Crippen LogP contribution < -0.4 is 10.0 Å². The summed E-state index contributed by atoms with van der Waals surface area (Å²) in [5, 5.41) is 3.29. The highest BCUT2D eigenvalue weighted by Crippen LogP contribution is 2.17. The third-order valence-corrected chi connectivity index (χ3v) is 5.28. The van der Waals surface area contributed by atoms with E-state index < -0.39 is 10.0 Å². The molecule has 0 amide bonds. The van der Waals surface area contributed by atoms with E-state index in [1.54, 1.807) is 0 Å². The Morgan fingerprint density at radius 3 is 2.80 bits per heavy atom. The van der Waals surface area contributed by atoms with E-state index in [1.807, 2.05) is 13.0 Å². The Morgan fingerprint density at radius 1 is 1.30 bits per heavy atom. The Kier molecular flexibility index (Phi) is 5.18. The number of fused-ring (bicyclic) bond motifs is 1. The van der Waals surface area contributed by atoms with Gasteiger partial charge in [0.25, 0.3) is 0 Å². The van der Waals surface area contributed by atoms with Crippen molar-refractivity contribution in [3.05, 3.63) is 34.9 Å². The van der Waals surface area contributed by atoms with Gasteiger partial charge in [0.15, 0.2) is 0 Å². The summed E-state index contributed by atoms with van der Waals surface area (Å²) >= 11 is 0. The van der Waals surface area contributed by atoms with E-state index in [9.17, 15) is 8.42 Å². The van der Waals surface area contributed by atoms with Gasteiger partial charge in [0.05, 0.1) is 5.75 Å². The summed E-state index contributed by atoms with van der Waals surface area (Å²) in [6, 6.07) is 6.18. The van der Waals surface area contributed by atoms with Crippen LogP contribution in [0.3, 0.4) is 0 Å². The van der Waals surface area contributed by atoms with E-state index >= 15 is 0 Å². The summed E-state index contributed by atoms with van der Waals surface area (Å²) in [6.45, 7) is 6.24. The number of nitrogens with one attached hydrogen (secondary N) is 2. The van der Waals surface area contributed by atoms with E-state index in [-0.39, 0.29) is 11.7 Å². The molecular formula is C15H24N2O2S. The van der Waals surface area contributed by atoms with Crippen LogP contribution in [-0.2, 0) is 29.7 Å².